The molecular formula is C32H32N6O6. The number of pyridine rings is 1. The molecule has 1 saturated heterocycles. The van der Waals surface area contributed by atoms with Crippen LogP contribution in [0, 0.1) is 5.92 Å². The Morgan fingerprint density at radius 3 is 2.59 bits per heavy atom. The Morgan fingerprint density at radius 1 is 0.955 bits per heavy atom. The highest BCUT2D eigenvalue weighted by Gasteiger charge is 2.41. The van der Waals surface area contributed by atoms with Gasteiger partial charge in [-0.2, -0.15) is 0 Å². The van der Waals surface area contributed by atoms with E-state index in [2.05, 4.69) is 20.3 Å². The summed E-state index contributed by atoms with van der Waals surface area (Å²) in [5.41, 5.74) is 1.60. The van der Waals surface area contributed by atoms with Gasteiger partial charge >= 0.3 is 0 Å². The zero-order valence-electron chi connectivity index (χ0n) is 24.2. The SMILES string of the molecule is COc1ccc2cc1OCCN(C(=O)c1c[nH]c(=O)cn1)CCCNC(=O)[C@H]1CN(C(=O)c3ccc4ccccc4n3)C[C@H]21. The van der Waals surface area contributed by atoms with Gasteiger partial charge in [-0.25, -0.2) is 9.97 Å². The van der Waals surface area contributed by atoms with Crippen molar-refractivity contribution < 1.29 is 23.9 Å². The number of benzene rings is 2. The summed E-state index contributed by atoms with van der Waals surface area (Å²) in [7, 11) is 1.54. The number of para-hydroxylation sites is 1. The van der Waals surface area contributed by atoms with Crippen LogP contribution in [0.15, 0.2) is 71.8 Å². The number of ether oxygens (including phenoxy) is 2. The molecule has 2 aliphatic heterocycles. The highest BCUT2D eigenvalue weighted by Crippen LogP contribution is 2.38. The van der Waals surface area contributed by atoms with Crippen molar-refractivity contribution in [2.45, 2.75) is 12.3 Å². The predicted molar refractivity (Wildman–Crippen MR) is 161 cm³/mol. The molecule has 0 spiro atoms. The number of aromatic amines is 1. The van der Waals surface area contributed by atoms with E-state index in [0.717, 1.165) is 22.7 Å². The lowest BCUT2D eigenvalue weighted by atomic mass is 9.88. The van der Waals surface area contributed by atoms with E-state index < -0.39 is 11.5 Å². The Bertz CT molecular complexity index is 1750. The van der Waals surface area contributed by atoms with Crippen LogP contribution in [-0.2, 0) is 4.79 Å². The van der Waals surface area contributed by atoms with Crippen molar-refractivity contribution in [2.75, 3.05) is 46.4 Å². The highest BCUT2D eigenvalue weighted by atomic mass is 16.5. The largest absolute Gasteiger partial charge is 0.493 e. The van der Waals surface area contributed by atoms with Crippen molar-refractivity contribution in [1.82, 2.24) is 30.1 Å². The van der Waals surface area contributed by atoms with E-state index in [1.807, 2.05) is 42.5 Å². The van der Waals surface area contributed by atoms with Crippen LogP contribution >= 0.6 is 0 Å². The van der Waals surface area contributed by atoms with E-state index in [1.54, 1.807) is 29.0 Å². The van der Waals surface area contributed by atoms with Crippen LogP contribution in [0.1, 0.15) is 38.9 Å². The van der Waals surface area contributed by atoms with Crippen molar-refractivity contribution in [3.05, 3.63) is 94.3 Å². The standard InChI is InChI=1S/C32H32N6O6/c1-43-27-10-8-21-15-28(27)44-14-13-37(32(42)26-16-35-29(39)17-34-26)12-4-11-33-30(40)23-19-38(18-22(21)23)31(41)25-9-7-20-5-2-3-6-24(20)36-25/h2-3,5-10,15-17,22-23H,4,11-14,18-19H2,1H3,(H,33,40)(H,35,39)/t22-,23+/m1/s1. The predicted octanol–water partition coefficient (Wildman–Crippen LogP) is 2.22. The molecule has 2 aromatic heterocycles. The van der Waals surface area contributed by atoms with Gasteiger partial charge < -0.3 is 29.6 Å². The van der Waals surface area contributed by atoms with Gasteiger partial charge in [-0.1, -0.05) is 30.3 Å². The number of hydrogen-bond donors (Lipinski definition) is 2. The first-order chi connectivity index (χ1) is 21.4. The average Bonchev–Trinajstić information content (AvgIpc) is 3.50. The quantitative estimate of drug-likeness (QED) is 0.366. The monoisotopic (exact) mass is 596 g/mol. The number of likely N-dealkylation sites (tertiary alicyclic amines) is 1. The summed E-state index contributed by atoms with van der Waals surface area (Å²) in [4.78, 5) is 66.1. The number of carbonyl (C=O) groups is 3. The average molecular weight is 597 g/mol. The molecule has 4 aromatic rings. The van der Waals surface area contributed by atoms with E-state index in [0.29, 0.717) is 43.2 Å². The fraction of sp³-hybridized carbons (Fsp3) is 0.312. The van der Waals surface area contributed by atoms with E-state index in [9.17, 15) is 19.2 Å². The van der Waals surface area contributed by atoms with Crippen LogP contribution in [-0.4, -0.2) is 88.9 Å². The maximum Gasteiger partial charge on any atom is 0.274 e. The molecule has 0 radical (unpaired) electrons. The minimum absolute atomic E-state index is 0.105. The Morgan fingerprint density at radius 2 is 1.77 bits per heavy atom. The number of amides is 3. The van der Waals surface area contributed by atoms with Crippen molar-refractivity contribution in [2.24, 2.45) is 5.92 Å². The summed E-state index contributed by atoms with van der Waals surface area (Å²) < 4.78 is 11.7. The molecule has 2 aromatic carbocycles. The van der Waals surface area contributed by atoms with E-state index in [4.69, 9.17) is 9.47 Å². The maximum absolute atomic E-state index is 13.6. The molecule has 0 unspecified atom stereocenters. The van der Waals surface area contributed by atoms with Gasteiger partial charge in [0, 0.05) is 43.7 Å². The molecule has 226 valence electrons. The third kappa shape index (κ3) is 5.96. The number of nitrogens with one attached hydrogen (secondary N) is 2. The minimum atomic E-state index is -0.508. The van der Waals surface area contributed by atoms with Crippen molar-refractivity contribution >= 4 is 28.6 Å². The topological polar surface area (TPSA) is 147 Å². The molecule has 3 amide bonds. The molecule has 12 heteroatoms. The Hall–Kier alpha value is -5.26. The van der Waals surface area contributed by atoms with E-state index >= 15 is 0 Å². The number of rotatable bonds is 3. The first-order valence-corrected chi connectivity index (χ1v) is 14.5. The molecule has 1 fully saturated rings. The van der Waals surface area contributed by atoms with Crippen LogP contribution in [0.5, 0.6) is 11.5 Å². The summed E-state index contributed by atoms with van der Waals surface area (Å²) in [6.45, 7) is 1.65. The molecule has 44 heavy (non-hydrogen) atoms. The number of nitrogens with zero attached hydrogens (tertiary/aromatic N) is 4. The lowest BCUT2D eigenvalue weighted by molar-refractivity contribution is -0.124. The van der Waals surface area contributed by atoms with Gasteiger partial charge in [0.1, 0.15) is 18.0 Å². The van der Waals surface area contributed by atoms with E-state index in [1.165, 1.54) is 6.20 Å². The molecule has 0 aliphatic carbocycles. The lowest BCUT2D eigenvalue weighted by Crippen LogP contribution is -2.39. The van der Waals surface area contributed by atoms with Gasteiger partial charge in [0.25, 0.3) is 17.4 Å². The zero-order chi connectivity index (χ0) is 30.6. The number of methoxy groups -OCH3 is 1. The van der Waals surface area contributed by atoms with Gasteiger partial charge in [-0.05, 0) is 36.2 Å². The first kappa shape index (κ1) is 28.8. The molecule has 4 heterocycles. The number of hydrogen-bond acceptors (Lipinski definition) is 8. The summed E-state index contributed by atoms with van der Waals surface area (Å²) in [6, 6.07) is 16.7. The molecule has 2 aliphatic rings. The normalized spacial score (nSPS) is 19.0. The van der Waals surface area contributed by atoms with Crippen LogP contribution < -0.4 is 20.3 Å². The molecule has 2 N–H and O–H groups in total. The van der Waals surface area contributed by atoms with Gasteiger partial charge in [-0.3, -0.25) is 19.2 Å². The lowest BCUT2D eigenvalue weighted by Gasteiger charge is -2.25. The summed E-state index contributed by atoms with van der Waals surface area (Å²) >= 11 is 0. The van der Waals surface area contributed by atoms with Gasteiger partial charge in [-0.15, -0.1) is 0 Å². The van der Waals surface area contributed by atoms with Crippen LogP contribution in [0.4, 0.5) is 0 Å². The van der Waals surface area contributed by atoms with Crippen LogP contribution in [0.2, 0.25) is 0 Å². The van der Waals surface area contributed by atoms with Crippen molar-refractivity contribution in [3.63, 3.8) is 0 Å². The first-order valence-electron chi connectivity index (χ1n) is 14.5. The van der Waals surface area contributed by atoms with Gasteiger partial charge in [0.2, 0.25) is 5.91 Å². The molecular weight excluding hydrogens is 564 g/mol. The molecule has 12 nitrogen and oxygen atoms in total. The second-order valence-electron chi connectivity index (χ2n) is 10.8. The second-order valence-corrected chi connectivity index (χ2v) is 10.8. The van der Waals surface area contributed by atoms with Crippen LogP contribution in [0.3, 0.4) is 0 Å². The number of fused-ring (bicyclic) bond motifs is 5. The smallest absolute Gasteiger partial charge is 0.274 e. The molecule has 2 bridgehead atoms. The second kappa shape index (κ2) is 12.5. The Kier molecular flexibility index (Phi) is 8.22. The van der Waals surface area contributed by atoms with Crippen LogP contribution in [0.25, 0.3) is 10.9 Å². The Labute approximate surface area is 253 Å². The van der Waals surface area contributed by atoms with Crippen molar-refractivity contribution in [1.29, 1.82) is 0 Å². The molecule has 0 saturated carbocycles. The number of H-pyrrole nitrogens is 1. The molecule has 2 atom stereocenters. The highest BCUT2D eigenvalue weighted by molar-refractivity contribution is 5.96. The third-order valence-electron chi connectivity index (χ3n) is 8.08. The summed E-state index contributed by atoms with van der Waals surface area (Å²) in [5, 5.41) is 3.96. The summed E-state index contributed by atoms with van der Waals surface area (Å²) in [6.07, 6.45) is 2.83. The minimum Gasteiger partial charge on any atom is -0.493 e. The Balaban J connectivity index is 1.26. The van der Waals surface area contributed by atoms with Crippen molar-refractivity contribution in [3.8, 4) is 11.5 Å². The number of carbonyl (C=O) groups excluding carboxylic acids is 3. The fourth-order valence-electron chi connectivity index (χ4n) is 5.77. The van der Waals surface area contributed by atoms with E-state index in [-0.39, 0.29) is 49.0 Å². The fourth-order valence-corrected chi connectivity index (χ4v) is 5.77. The molecule has 6 rings (SSSR count). The summed E-state index contributed by atoms with van der Waals surface area (Å²) in [5.74, 6) is -0.579. The maximum atomic E-state index is 13.6. The van der Waals surface area contributed by atoms with Gasteiger partial charge in [0.05, 0.1) is 31.3 Å². The third-order valence-corrected chi connectivity index (χ3v) is 8.08. The number of aromatic nitrogens is 3. The zero-order valence-corrected chi connectivity index (χ0v) is 24.2. The van der Waals surface area contributed by atoms with Gasteiger partial charge in [0.15, 0.2) is 11.5 Å².